The van der Waals surface area contributed by atoms with Crippen molar-refractivity contribution in [3.63, 3.8) is 0 Å². The Bertz CT molecular complexity index is 1100. The second kappa shape index (κ2) is 11.1. The van der Waals surface area contributed by atoms with Crippen LogP contribution in [0.5, 0.6) is 0 Å². The van der Waals surface area contributed by atoms with Crippen LogP contribution in [-0.4, -0.2) is 59.2 Å². The highest BCUT2D eigenvalue weighted by Crippen LogP contribution is 2.34. The van der Waals surface area contributed by atoms with Gasteiger partial charge < -0.3 is 25.0 Å². The molecule has 3 heterocycles. The molecule has 2 aromatic rings. The Morgan fingerprint density at radius 2 is 2.22 bits per heavy atom. The van der Waals surface area contributed by atoms with E-state index in [9.17, 15) is 4.79 Å². The van der Waals surface area contributed by atoms with Crippen molar-refractivity contribution in [2.45, 2.75) is 83.3 Å². The lowest BCUT2D eigenvalue weighted by atomic mass is 9.96. The topological polar surface area (TPSA) is 111 Å². The molecular formula is C26H38N6O4. The molecule has 10 heteroatoms. The first-order valence-corrected chi connectivity index (χ1v) is 13.2. The number of aryl methyl sites for hydroxylation is 1. The van der Waals surface area contributed by atoms with E-state index in [-0.39, 0.29) is 30.4 Å². The van der Waals surface area contributed by atoms with Crippen molar-refractivity contribution in [1.82, 2.24) is 25.9 Å². The van der Waals surface area contributed by atoms with Gasteiger partial charge in [-0.15, -0.1) is 0 Å². The van der Waals surface area contributed by atoms with Gasteiger partial charge in [-0.05, 0) is 51.0 Å². The molecule has 0 bridgehead atoms. The van der Waals surface area contributed by atoms with Crippen molar-refractivity contribution in [1.29, 1.82) is 0 Å². The van der Waals surface area contributed by atoms with Crippen LogP contribution in [0.3, 0.4) is 0 Å². The van der Waals surface area contributed by atoms with Crippen LogP contribution in [0.2, 0.25) is 0 Å². The minimum absolute atomic E-state index is 0.0264. The average Bonchev–Trinajstić information content (AvgIpc) is 3.66. The van der Waals surface area contributed by atoms with Gasteiger partial charge in [0.05, 0.1) is 36.2 Å². The van der Waals surface area contributed by atoms with Crippen LogP contribution in [0.15, 0.2) is 23.2 Å². The number of hydrogen-bond donors (Lipinski definition) is 3. The van der Waals surface area contributed by atoms with Crippen LogP contribution in [0.1, 0.15) is 58.1 Å². The van der Waals surface area contributed by atoms with Crippen LogP contribution < -0.4 is 16.2 Å². The number of hydrogen-bond acceptors (Lipinski definition) is 7. The fourth-order valence-electron chi connectivity index (χ4n) is 5.35. The maximum atomic E-state index is 12.1. The van der Waals surface area contributed by atoms with E-state index in [1.165, 1.54) is 0 Å². The van der Waals surface area contributed by atoms with E-state index < -0.39 is 0 Å². The van der Waals surface area contributed by atoms with Crippen molar-refractivity contribution in [3.8, 4) is 0 Å². The quantitative estimate of drug-likeness (QED) is 0.511. The summed E-state index contributed by atoms with van der Waals surface area (Å²) < 4.78 is 19.0. The maximum absolute atomic E-state index is 12.1. The Morgan fingerprint density at radius 1 is 1.33 bits per heavy atom. The smallest absolute Gasteiger partial charge is 0.407 e. The zero-order chi connectivity index (χ0) is 25.1. The number of para-hydroxylation sites is 1. The molecular weight excluding hydrogens is 460 g/mol. The standard InChI is InChI=1S/C26H38N6O4/c1-4-16(2)27-26(33)36-18-9-8-17(12-18)22-13-24(30-29-22)28-21-7-5-6-20-23(31-32(3)25(20)21)15-35-19-10-11-34-14-19/h5-7,16-19,22,29H,4,8-15H2,1-3H3,(H,27,33)(H,28,30). The van der Waals surface area contributed by atoms with E-state index in [0.717, 1.165) is 73.3 Å². The summed E-state index contributed by atoms with van der Waals surface area (Å²) in [6.07, 6.45) is 5.24. The van der Waals surface area contributed by atoms with E-state index in [2.05, 4.69) is 22.2 Å². The van der Waals surface area contributed by atoms with Gasteiger partial charge in [0.1, 0.15) is 11.9 Å². The lowest BCUT2D eigenvalue weighted by Gasteiger charge is -2.18. The number of hydrazine groups is 1. The summed E-state index contributed by atoms with van der Waals surface area (Å²) in [5.74, 6) is 1.34. The summed E-state index contributed by atoms with van der Waals surface area (Å²) in [5.41, 5.74) is 9.51. The summed E-state index contributed by atoms with van der Waals surface area (Å²) in [6, 6.07) is 6.52. The van der Waals surface area contributed by atoms with Gasteiger partial charge in [-0.2, -0.15) is 5.10 Å². The Balaban J connectivity index is 1.20. The Hall–Kier alpha value is -2.69. The molecule has 1 aliphatic carbocycles. The fourth-order valence-corrected chi connectivity index (χ4v) is 5.35. The summed E-state index contributed by atoms with van der Waals surface area (Å²) in [4.78, 5) is 17.0. The number of carbonyl (C=O) groups is 1. The number of amidine groups is 1. The lowest BCUT2D eigenvalue weighted by Crippen LogP contribution is -2.36. The van der Waals surface area contributed by atoms with Crippen molar-refractivity contribution in [2.24, 2.45) is 18.0 Å². The minimum atomic E-state index is -0.305. The molecule has 2 aliphatic heterocycles. The van der Waals surface area contributed by atoms with Gasteiger partial charge in [0.15, 0.2) is 0 Å². The van der Waals surface area contributed by atoms with Crippen molar-refractivity contribution in [3.05, 3.63) is 23.9 Å². The predicted molar refractivity (Wildman–Crippen MR) is 137 cm³/mol. The van der Waals surface area contributed by atoms with E-state index >= 15 is 0 Å². The minimum Gasteiger partial charge on any atom is -0.446 e. The maximum Gasteiger partial charge on any atom is 0.407 e. The second-order valence-corrected chi connectivity index (χ2v) is 10.2. The zero-order valence-corrected chi connectivity index (χ0v) is 21.5. The van der Waals surface area contributed by atoms with Crippen LogP contribution in [0.4, 0.5) is 10.5 Å². The molecule has 0 spiro atoms. The number of carbonyl (C=O) groups excluding carboxylic acids is 1. The first kappa shape index (κ1) is 25.0. The summed E-state index contributed by atoms with van der Waals surface area (Å²) in [5, 5.41) is 8.67. The number of ether oxygens (including phenoxy) is 3. The number of aromatic nitrogens is 2. The molecule has 196 valence electrons. The number of aliphatic imine (C=N–C) groups is 1. The molecule has 1 aromatic carbocycles. The first-order chi connectivity index (χ1) is 17.5. The number of alkyl carbamates (subject to hydrolysis) is 1. The van der Waals surface area contributed by atoms with Gasteiger partial charge in [0.2, 0.25) is 0 Å². The highest BCUT2D eigenvalue weighted by molar-refractivity contribution is 5.95. The van der Waals surface area contributed by atoms with Gasteiger partial charge in [-0.25, -0.2) is 15.2 Å². The summed E-state index contributed by atoms with van der Waals surface area (Å²) in [7, 11) is 1.95. The van der Waals surface area contributed by atoms with Crippen molar-refractivity contribution < 1.29 is 19.0 Å². The fraction of sp³-hybridized carbons (Fsp3) is 0.654. The number of fused-ring (bicyclic) bond motifs is 1. The van der Waals surface area contributed by atoms with Crippen LogP contribution in [-0.2, 0) is 27.9 Å². The molecule has 1 aromatic heterocycles. The summed E-state index contributed by atoms with van der Waals surface area (Å²) in [6.45, 7) is 5.92. The van der Waals surface area contributed by atoms with Crippen molar-refractivity contribution in [2.75, 3.05) is 13.2 Å². The van der Waals surface area contributed by atoms with Crippen LogP contribution in [0, 0.1) is 5.92 Å². The molecule has 5 unspecified atom stereocenters. The molecule has 3 N–H and O–H groups in total. The predicted octanol–water partition coefficient (Wildman–Crippen LogP) is 3.47. The number of benzene rings is 1. The lowest BCUT2D eigenvalue weighted by molar-refractivity contribution is 0.0304. The molecule has 3 aliphatic rings. The van der Waals surface area contributed by atoms with E-state index in [4.69, 9.17) is 24.3 Å². The van der Waals surface area contributed by atoms with E-state index in [0.29, 0.717) is 19.1 Å². The molecule has 10 nitrogen and oxygen atoms in total. The van der Waals surface area contributed by atoms with Gasteiger partial charge >= 0.3 is 6.09 Å². The van der Waals surface area contributed by atoms with Crippen LogP contribution >= 0.6 is 0 Å². The molecule has 36 heavy (non-hydrogen) atoms. The number of nitrogens with zero attached hydrogens (tertiary/aromatic N) is 3. The molecule has 0 radical (unpaired) electrons. The first-order valence-electron chi connectivity index (χ1n) is 13.2. The SMILES string of the molecule is CCC(C)NC(=O)OC1CCC(C2CC(=Nc3cccc4c(COC5CCOC5)nn(C)c34)NN2)C1. The number of rotatable bonds is 8. The second-order valence-electron chi connectivity index (χ2n) is 10.2. The average molecular weight is 499 g/mol. The Labute approximate surface area is 212 Å². The number of amides is 1. The molecule has 3 fully saturated rings. The summed E-state index contributed by atoms with van der Waals surface area (Å²) >= 11 is 0. The van der Waals surface area contributed by atoms with E-state index in [1.54, 1.807) is 0 Å². The van der Waals surface area contributed by atoms with E-state index in [1.807, 2.05) is 37.7 Å². The Kier molecular flexibility index (Phi) is 7.73. The van der Waals surface area contributed by atoms with Gasteiger partial charge in [0, 0.05) is 37.5 Å². The van der Waals surface area contributed by atoms with Gasteiger partial charge in [-0.3, -0.25) is 4.68 Å². The highest BCUT2D eigenvalue weighted by atomic mass is 16.6. The molecule has 1 saturated carbocycles. The largest absolute Gasteiger partial charge is 0.446 e. The third kappa shape index (κ3) is 5.66. The van der Waals surface area contributed by atoms with Crippen LogP contribution in [0.25, 0.3) is 10.9 Å². The van der Waals surface area contributed by atoms with Gasteiger partial charge in [0.25, 0.3) is 0 Å². The third-order valence-electron chi connectivity index (χ3n) is 7.58. The van der Waals surface area contributed by atoms with Crippen molar-refractivity contribution >= 4 is 28.5 Å². The van der Waals surface area contributed by atoms with Gasteiger partial charge in [-0.1, -0.05) is 19.1 Å². The molecule has 1 amide bonds. The molecule has 5 atom stereocenters. The zero-order valence-electron chi connectivity index (χ0n) is 21.5. The monoisotopic (exact) mass is 498 g/mol. The third-order valence-corrected chi connectivity index (χ3v) is 7.58. The highest BCUT2D eigenvalue weighted by Gasteiger charge is 2.36. The normalized spacial score (nSPS) is 28.0. The molecule has 5 rings (SSSR count). The Morgan fingerprint density at radius 3 is 3.03 bits per heavy atom. The number of nitrogens with one attached hydrogen (secondary N) is 3. The molecule has 2 saturated heterocycles.